The Morgan fingerprint density at radius 3 is 2.52 bits per heavy atom. The molecule has 2 fully saturated rings. The smallest absolute Gasteiger partial charge is 0.321 e. The Morgan fingerprint density at radius 1 is 1.07 bits per heavy atom. The first kappa shape index (κ1) is 21.8. The van der Waals surface area contributed by atoms with Crippen molar-refractivity contribution in [2.75, 3.05) is 39.3 Å². The lowest BCUT2D eigenvalue weighted by Gasteiger charge is -2.35. The zero-order chi connectivity index (χ0) is 20.5. The molecule has 2 N–H and O–H groups in total. The minimum atomic E-state index is -0.451. The Balaban J connectivity index is 1.28. The Hall–Kier alpha value is -1.93. The van der Waals surface area contributed by atoms with E-state index in [1.54, 1.807) is 11.3 Å². The van der Waals surface area contributed by atoms with Gasteiger partial charge in [-0.1, -0.05) is 25.3 Å². The van der Waals surface area contributed by atoms with E-state index in [-0.39, 0.29) is 18.4 Å². The minimum Gasteiger partial charge on any atom is -0.340 e. The molecule has 0 aromatic carbocycles. The van der Waals surface area contributed by atoms with Crippen LogP contribution in [0.15, 0.2) is 17.5 Å². The fourth-order valence-corrected chi connectivity index (χ4v) is 4.80. The van der Waals surface area contributed by atoms with Crippen LogP contribution in [0.2, 0.25) is 0 Å². The van der Waals surface area contributed by atoms with Gasteiger partial charge in [0.1, 0.15) is 0 Å². The molecule has 0 atom stereocenters. The molecule has 1 aliphatic heterocycles. The maximum atomic E-state index is 12.5. The predicted octanol–water partition coefficient (Wildman–Crippen LogP) is 2.23. The first-order valence-electron chi connectivity index (χ1n) is 10.7. The van der Waals surface area contributed by atoms with Crippen molar-refractivity contribution in [1.82, 2.24) is 20.4 Å². The van der Waals surface area contributed by atoms with Gasteiger partial charge >= 0.3 is 6.03 Å². The van der Waals surface area contributed by atoms with Gasteiger partial charge in [-0.15, -0.1) is 11.3 Å². The summed E-state index contributed by atoms with van der Waals surface area (Å²) < 4.78 is 0. The van der Waals surface area contributed by atoms with Crippen LogP contribution in [0.4, 0.5) is 4.79 Å². The highest BCUT2D eigenvalue weighted by atomic mass is 32.1. The third kappa shape index (κ3) is 7.44. The topological polar surface area (TPSA) is 81.8 Å². The molecule has 1 aromatic rings. The number of thiophene rings is 1. The number of carbonyl (C=O) groups is 3. The number of urea groups is 1. The standard InChI is InChI=1S/C21H32N4O3S/c26-19(23-21(28)22-9-8-18-7-4-14-29-18)16-24-10-12-25(13-11-24)20(27)15-17-5-2-1-3-6-17/h4,7,14,17H,1-3,5-6,8-13,15-16H2,(H2,22,23,26,28). The van der Waals surface area contributed by atoms with Gasteiger partial charge < -0.3 is 10.2 Å². The first-order chi connectivity index (χ1) is 14.1. The number of imide groups is 1. The van der Waals surface area contributed by atoms with Crippen molar-refractivity contribution in [1.29, 1.82) is 0 Å². The second-order valence-electron chi connectivity index (χ2n) is 8.00. The van der Waals surface area contributed by atoms with Gasteiger partial charge in [0.05, 0.1) is 6.54 Å². The molecule has 160 valence electrons. The lowest BCUT2D eigenvalue weighted by molar-refractivity contribution is -0.134. The van der Waals surface area contributed by atoms with E-state index < -0.39 is 6.03 Å². The number of nitrogens with one attached hydrogen (secondary N) is 2. The minimum absolute atomic E-state index is 0.184. The van der Waals surface area contributed by atoms with Crippen LogP contribution in [0.1, 0.15) is 43.4 Å². The molecule has 7 nitrogen and oxygen atoms in total. The molecule has 1 saturated heterocycles. The molecule has 8 heteroatoms. The summed E-state index contributed by atoms with van der Waals surface area (Å²) >= 11 is 1.65. The number of hydrogen-bond donors (Lipinski definition) is 2. The molecule has 0 radical (unpaired) electrons. The van der Waals surface area contributed by atoms with Crippen LogP contribution in [0.25, 0.3) is 0 Å². The van der Waals surface area contributed by atoms with Gasteiger partial charge in [-0.3, -0.25) is 19.8 Å². The molecule has 4 amide bonds. The maximum absolute atomic E-state index is 12.5. The van der Waals surface area contributed by atoms with Crippen LogP contribution >= 0.6 is 11.3 Å². The van der Waals surface area contributed by atoms with Gasteiger partial charge in [0, 0.05) is 44.0 Å². The average molecular weight is 421 g/mol. The van der Waals surface area contributed by atoms with E-state index in [0.29, 0.717) is 45.1 Å². The quantitative estimate of drug-likeness (QED) is 0.709. The molecule has 1 saturated carbocycles. The van der Waals surface area contributed by atoms with Crippen molar-refractivity contribution < 1.29 is 14.4 Å². The van der Waals surface area contributed by atoms with Crippen LogP contribution in [-0.2, 0) is 16.0 Å². The van der Waals surface area contributed by atoms with Crippen LogP contribution in [0, 0.1) is 5.92 Å². The van der Waals surface area contributed by atoms with Gasteiger partial charge in [-0.2, -0.15) is 0 Å². The lowest BCUT2D eigenvalue weighted by Crippen LogP contribution is -2.52. The largest absolute Gasteiger partial charge is 0.340 e. The zero-order valence-electron chi connectivity index (χ0n) is 17.0. The van der Waals surface area contributed by atoms with E-state index in [9.17, 15) is 14.4 Å². The van der Waals surface area contributed by atoms with E-state index >= 15 is 0 Å². The highest BCUT2D eigenvalue weighted by Crippen LogP contribution is 2.27. The molecule has 1 aliphatic carbocycles. The normalized spacial score (nSPS) is 18.4. The summed E-state index contributed by atoms with van der Waals surface area (Å²) in [6.07, 6.45) is 7.60. The number of carbonyl (C=O) groups excluding carboxylic acids is 3. The number of nitrogens with zero attached hydrogens (tertiary/aromatic N) is 2. The molecule has 0 bridgehead atoms. The van der Waals surface area contributed by atoms with Gasteiger partial charge in [0.15, 0.2) is 0 Å². The van der Waals surface area contributed by atoms with Crippen molar-refractivity contribution >= 4 is 29.2 Å². The molecular weight excluding hydrogens is 388 g/mol. The molecule has 0 spiro atoms. The van der Waals surface area contributed by atoms with Gasteiger partial charge in [0.2, 0.25) is 11.8 Å². The third-order valence-corrected chi connectivity index (χ3v) is 6.71. The average Bonchev–Trinajstić information content (AvgIpc) is 3.22. The zero-order valence-corrected chi connectivity index (χ0v) is 17.8. The van der Waals surface area contributed by atoms with Crippen molar-refractivity contribution in [3.8, 4) is 0 Å². The summed E-state index contributed by atoms with van der Waals surface area (Å²) in [6, 6.07) is 3.55. The third-order valence-electron chi connectivity index (χ3n) is 5.77. The molecule has 2 aliphatic rings. The Bertz CT molecular complexity index is 665. The van der Waals surface area contributed by atoms with Crippen LogP contribution in [0.3, 0.4) is 0 Å². The van der Waals surface area contributed by atoms with Crippen molar-refractivity contribution in [3.05, 3.63) is 22.4 Å². The van der Waals surface area contributed by atoms with E-state index in [1.165, 1.54) is 37.0 Å². The number of amides is 4. The maximum Gasteiger partial charge on any atom is 0.321 e. The summed E-state index contributed by atoms with van der Waals surface area (Å²) in [6.45, 7) is 3.34. The second-order valence-corrected chi connectivity index (χ2v) is 9.03. The van der Waals surface area contributed by atoms with Crippen molar-refractivity contribution in [2.24, 2.45) is 5.92 Å². The summed E-state index contributed by atoms with van der Waals surface area (Å²) in [4.78, 5) is 41.6. The fraction of sp³-hybridized carbons (Fsp3) is 0.667. The first-order valence-corrected chi connectivity index (χ1v) is 11.6. The van der Waals surface area contributed by atoms with Gasteiger partial charge in [0.25, 0.3) is 0 Å². The summed E-state index contributed by atoms with van der Waals surface area (Å²) in [5.41, 5.74) is 0. The lowest BCUT2D eigenvalue weighted by atomic mass is 9.86. The molecule has 2 heterocycles. The van der Waals surface area contributed by atoms with Crippen molar-refractivity contribution in [2.45, 2.75) is 44.9 Å². The van der Waals surface area contributed by atoms with Crippen molar-refractivity contribution in [3.63, 3.8) is 0 Å². The Morgan fingerprint density at radius 2 is 1.83 bits per heavy atom. The second kappa shape index (κ2) is 11.3. The van der Waals surface area contributed by atoms with Crippen LogP contribution < -0.4 is 10.6 Å². The SMILES string of the molecule is O=C(CN1CCN(C(=O)CC2CCCCC2)CC1)NC(=O)NCCc1cccs1. The number of piperazine rings is 1. The van der Waals surface area contributed by atoms with E-state index in [0.717, 1.165) is 6.42 Å². The molecular formula is C21H32N4O3S. The summed E-state index contributed by atoms with van der Waals surface area (Å²) in [7, 11) is 0. The summed E-state index contributed by atoms with van der Waals surface area (Å²) in [5.74, 6) is 0.505. The predicted molar refractivity (Wildman–Crippen MR) is 114 cm³/mol. The Labute approximate surface area is 176 Å². The van der Waals surface area contributed by atoms with E-state index in [1.807, 2.05) is 27.3 Å². The summed E-state index contributed by atoms with van der Waals surface area (Å²) in [5, 5.41) is 7.10. The molecule has 0 unspecified atom stereocenters. The Kier molecular flexibility index (Phi) is 8.49. The number of hydrogen-bond acceptors (Lipinski definition) is 5. The van der Waals surface area contributed by atoms with E-state index in [4.69, 9.17) is 0 Å². The molecule has 3 rings (SSSR count). The number of rotatable bonds is 7. The molecule has 1 aromatic heterocycles. The highest BCUT2D eigenvalue weighted by molar-refractivity contribution is 7.09. The molecule has 29 heavy (non-hydrogen) atoms. The highest BCUT2D eigenvalue weighted by Gasteiger charge is 2.25. The monoisotopic (exact) mass is 420 g/mol. The van der Waals surface area contributed by atoms with Crippen LogP contribution in [-0.4, -0.2) is 66.9 Å². The van der Waals surface area contributed by atoms with Gasteiger partial charge in [-0.05, 0) is 36.6 Å². The van der Waals surface area contributed by atoms with Crippen LogP contribution in [0.5, 0.6) is 0 Å². The van der Waals surface area contributed by atoms with E-state index in [2.05, 4.69) is 10.6 Å². The fourth-order valence-electron chi connectivity index (χ4n) is 4.09. The van der Waals surface area contributed by atoms with Gasteiger partial charge in [-0.25, -0.2) is 4.79 Å².